The lowest BCUT2D eigenvalue weighted by Gasteiger charge is -2.05. The van der Waals surface area contributed by atoms with Gasteiger partial charge in [0, 0.05) is 11.8 Å². The third kappa shape index (κ3) is 4.34. The second kappa shape index (κ2) is 7.47. The van der Waals surface area contributed by atoms with E-state index in [-0.39, 0.29) is 11.7 Å². The standard InChI is InChI=1S/C16H18O5/c1-2-19-15(17)9-5-6-10-20-14-11-12-7-3-4-8-13(12)21-16(14)18/h3-4,7-8,11H,2,5-6,9-10H2,1H3. The van der Waals surface area contributed by atoms with Gasteiger partial charge in [-0.1, -0.05) is 18.2 Å². The highest BCUT2D eigenvalue weighted by Gasteiger charge is 2.06. The lowest BCUT2D eigenvalue weighted by atomic mass is 10.2. The van der Waals surface area contributed by atoms with Crippen LogP contribution in [0, 0.1) is 0 Å². The monoisotopic (exact) mass is 290 g/mol. The molecule has 21 heavy (non-hydrogen) atoms. The summed E-state index contributed by atoms with van der Waals surface area (Å²) in [6.07, 6.45) is 1.70. The van der Waals surface area contributed by atoms with Crippen LogP contribution in [0.4, 0.5) is 0 Å². The van der Waals surface area contributed by atoms with E-state index in [1.165, 1.54) is 0 Å². The van der Waals surface area contributed by atoms with Gasteiger partial charge in [-0.25, -0.2) is 4.79 Å². The highest BCUT2D eigenvalue weighted by atomic mass is 16.5. The average Bonchev–Trinajstić information content (AvgIpc) is 2.47. The van der Waals surface area contributed by atoms with Crippen LogP contribution in [0.1, 0.15) is 26.2 Å². The van der Waals surface area contributed by atoms with Crippen molar-refractivity contribution in [1.82, 2.24) is 0 Å². The van der Waals surface area contributed by atoms with Gasteiger partial charge in [0.05, 0.1) is 13.2 Å². The van der Waals surface area contributed by atoms with Crippen molar-refractivity contribution in [3.63, 3.8) is 0 Å². The number of para-hydroxylation sites is 1. The average molecular weight is 290 g/mol. The first-order valence-electron chi connectivity index (χ1n) is 7.02. The van der Waals surface area contributed by atoms with Crippen molar-refractivity contribution in [2.24, 2.45) is 0 Å². The molecular formula is C16H18O5. The Morgan fingerprint density at radius 1 is 1.24 bits per heavy atom. The number of unbranched alkanes of at least 4 members (excludes halogenated alkanes) is 1. The Bertz CT molecular complexity index is 659. The van der Waals surface area contributed by atoms with Crippen molar-refractivity contribution in [3.8, 4) is 5.75 Å². The van der Waals surface area contributed by atoms with E-state index in [4.69, 9.17) is 13.9 Å². The summed E-state index contributed by atoms with van der Waals surface area (Å²) in [5, 5.41) is 0.818. The van der Waals surface area contributed by atoms with Gasteiger partial charge in [0.25, 0.3) is 0 Å². The molecule has 5 nitrogen and oxygen atoms in total. The van der Waals surface area contributed by atoms with Gasteiger partial charge in [-0.15, -0.1) is 0 Å². The maximum atomic E-state index is 11.7. The molecule has 0 bridgehead atoms. The molecule has 0 amide bonds. The molecule has 2 aromatic rings. The third-order valence-electron chi connectivity index (χ3n) is 2.95. The number of benzene rings is 1. The molecule has 5 heteroatoms. The van der Waals surface area contributed by atoms with E-state index in [1.807, 2.05) is 12.1 Å². The van der Waals surface area contributed by atoms with Crippen molar-refractivity contribution in [3.05, 3.63) is 40.8 Å². The van der Waals surface area contributed by atoms with E-state index in [2.05, 4.69) is 0 Å². The van der Waals surface area contributed by atoms with E-state index < -0.39 is 5.63 Å². The fraction of sp³-hybridized carbons (Fsp3) is 0.375. The van der Waals surface area contributed by atoms with E-state index in [0.29, 0.717) is 38.1 Å². The number of carbonyl (C=O) groups is 1. The Balaban J connectivity index is 1.85. The summed E-state index contributed by atoms with van der Waals surface area (Å²) >= 11 is 0. The Morgan fingerprint density at radius 3 is 2.86 bits per heavy atom. The summed E-state index contributed by atoms with van der Waals surface area (Å²) in [6, 6.07) is 8.94. The highest BCUT2D eigenvalue weighted by molar-refractivity contribution is 5.77. The number of esters is 1. The molecule has 0 atom stereocenters. The summed E-state index contributed by atoms with van der Waals surface area (Å²) in [5.41, 5.74) is 0.0521. The molecular weight excluding hydrogens is 272 g/mol. The molecule has 1 aromatic carbocycles. The Kier molecular flexibility index (Phi) is 5.37. The minimum atomic E-state index is -0.487. The zero-order chi connectivity index (χ0) is 15.1. The smallest absolute Gasteiger partial charge is 0.379 e. The second-order valence-electron chi connectivity index (χ2n) is 4.55. The SMILES string of the molecule is CCOC(=O)CCCCOc1cc2ccccc2oc1=O. The normalized spacial score (nSPS) is 10.5. The quantitative estimate of drug-likeness (QED) is 0.445. The zero-order valence-electron chi connectivity index (χ0n) is 12.0. The van der Waals surface area contributed by atoms with Crippen LogP contribution in [0.25, 0.3) is 11.0 Å². The molecule has 0 aliphatic heterocycles. The Labute approximate surface area is 122 Å². The molecule has 0 saturated carbocycles. The topological polar surface area (TPSA) is 65.7 Å². The molecule has 0 aliphatic rings. The van der Waals surface area contributed by atoms with E-state index >= 15 is 0 Å². The number of ether oxygens (including phenoxy) is 2. The molecule has 0 N–H and O–H groups in total. The van der Waals surface area contributed by atoms with Crippen molar-refractivity contribution in [1.29, 1.82) is 0 Å². The number of hydrogen-bond donors (Lipinski definition) is 0. The number of rotatable bonds is 7. The van der Waals surface area contributed by atoms with Crippen molar-refractivity contribution < 1.29 is 18.7 Å². The molecule has 0 fully saturated rings. The molecule has 0 unspecified atom stereocenters. The van der Waals surface area contributed by atoms with Crippen LogP contribution in [-0.4, -0.2) is 19.2 Å². The van der Waals surface area contributed by atoms with Gasteiger partial charge in [0.15, 0.2) is 0 Å². The molecule has 0 aliphatic carbocycles. The lowest BCUT2D eigenvalue weighted by Crippen LogP contribution is -2.09. The van der Waals surface area contributed by atoms with Gasteiger partial charge in [-0.3, -0.25) is 4.79 Å². The predicted octanol–water partition coefficient (Wildman–Crippen LogP) is 2.91. The number of fused-ring (bicyclic) bond motifs is 1. The van der Waals surface area contributed by atoms with E-state index in [1.54, 1.807) is 25.1 Å². The van der Waals surface area contributed by atoms with Crippen LogP contribution < -0.4 is 10.4 Å². The predicted molar refractivity (Wildman–Crippen MR) is 78.5 cm³/mol. The Hall–Kier alpha value is -2.30. The first kappa shape index (κ1) is 15.1. The minimum absolute atomic E-state index is 0.199. The maximum Gasteiger partial charge on any atom is 0.379 e. The molecule has 0 saturated heterocycles. The molecule has 112 valence electrons. The molecule has 1 heterocycles. The van der Waals surface area contributed by atoms with Gasteiger partial charge >= 0.3 is 11.6 Å². The van der Waals surface area contributed by atoms with Crippen LogP contribution in [0.2, 0.25) is 0 Å². The lowest BCUT2D eigenvalue weighted by molar-refractivity contribution is -0.143. The van der Waals surface area contributed by atoms with Crippen molar-refractivity contribution in [2.75, 3.05) is 13.2 Å². The minimum Gasteiger partial charge on any atom is -0.487 e. The van der Waals surface area contributed by atoms with Gasteiger partial charge in [-0.2, -0.15) is 0 Å². The van der Waals surface area contributed by atoms with Crippen LogP contribution in [0.15, 0.2) is 39.5 Å². The first-order valence-corrected chi connectivity index (χ1v) is 7.02. The number of carbonyl (C=O) groups excluding carboxylic acids is 1. The van der Waals surface area contributed by atoms with Crippen molar-refractivity contribution in [2.45, 2.75) is 26.2 Å². The molecule has 2 rings (SSSR count). The number of hydrogen-bond acceptors (Lipinski definition) is 5. The summed E-state index contributed by atoms with van der Waals surface area (Å²) in [7, 11) is 0. The maximum absolute atomic E-state index is 11.7. The molecule has 0 spiro atoms. The van der Waals surface area contributed by atoms with Crippen LogP contribution in [0.3, 0.4) is 0 Å². The first-order chi connectivity index (χ1) is 10.2. The molecule has 0 radical (unpaired) electrons. The van der Waals surface area contributed by atoms with Crippen LogP contribution in [0.5, 0.6) is 5.75 Å². The summed E-state index contributed by atoms with van der Waals surface area (Å²) in [6.45, 7) is 2.54. The summed E-state index contributed by atoms with van der Waals surface area (Å²) in [4.78, 5) is 22.9. The fourth-order valence-electron chi connectivity index (χ4n) is 1.93. The second-order valence-corrected chi connectivity index (χ2v) is 4.55. The molecule has 1 aromatic heterocycles. The third-order valence-corrected chi connectivity index (χ3v) is 2.95. The summed E-state index contributed by atoms with van der Waals surface area (Å²) < 4.78 is 15.4. The fourth-order valence-corrected chi connectivity index (χ4v) is 1.93. The van der Waals surface area contributed by atoms with Gasteiger partial charge in [0.2, 0.25) is 5.75 Å². The summed E-state index contributed by atoms with van der Waals surface area (Å²) in [5.74, 6) is -0.00689. The zero-order valence-corrected chi connectivity index (χ0v) is 12.0. The highest BCUT2D eigenvalue weighted by Crippen LogP contribution is 2.16. The van der Waals surface area contributed by atoms with Crippen LogP contribution >= 0.6 is 0 Å². The van der Waals surface area contributed by atoms with Crippen LogP contribution in [-0.2, 0) is 9.53 Å². The Morgan fingerprint density at radius 2 is 2.05 bits per heavy atom. The van der Waals surface area contributed by atoms with E-state index in [9.17, 15) is 9.59 Å². The van der Waals surface area contributed by atoms with Gasteiger partial charge in [-0.05, 0) is 31.9 Å². The van der Waals surface area contributed by atoms with Gasteiger partial charge in [0.1, 0.15) is 5.58 Å². The van der Waals surface area contributed by atoms with E-state index in [0.717, 1.165) is 5.39 Å². The van der Waals surface area contributed by atoms with Gasteiger partial charge < -0.3 is 13.9 Å². The van der Waals surface area contributed by atoms with Crippen molar-refractivity contribution >= 4 is 16.9 Å². The largest absolute Gasteiger partial charge is 0.487 e.